The number of carbonyl (C=O) groups excluding carboxylic acids is 1. The summed E-state index contributed by atoms with van der Waals surface area (Å²) >= 11 is 3.31. The molecule has 0 fully saturated rings. The van der Waals surface area contributed by atoms with E-state index in [2.05, 4.69) is 36.3 Å². The van der Waals surface area contributed by atoms with Gasteiger partial charge in [-0.1, -0.05) is 22.9 Å². The second kappa shape index (κ2) is 5.72. The van der Waals surface area contributed by atoms with E-state index in [1.165, 1.54) is 17.3 Å². The Morgan fingerprint density at radius 1 is 1.61 bits per heavy atom. The van der Waals surface area contributed by atoms with Crippen molar-refractivity contribution in [1.82, 2.24) is 19.7 Å². The monoisotopic (exact) mass is 309 g/mol. The molecule has 2 rings (SSSR count). The fourth-order valence-corrected chi connectivity index (χ4v) is 1.51. The van der Waals surface area contributed by atoms with Crippen LogP contribution in [0.25, 0.3) is 5.82 Å². The average molecular weight is 310 g/mol. The van der Waals surface area contributed by atoms with Crippen LogP contribution in [0.15, 0.2) is 31.0 Å². The number of hydrogen-bond acceptors (Lipinski definition) is 4. The van der Waals surface area contributed by atoms with Crippen molar-refractivity contribution >= 4 is 27.5 Å². The predicted octanol–water partition coefficient (Wildman–Crippen LogP) is 1.77. The molecule has 0 aliphatic rings. The van der Waals surface area contributed by atoms with E-state index < -0.39 is 0 Å². The lowest BCUT2D eigenvalue weighted by atomic mass is 10.3. The Hall–Kier alpha value is -1.76. The fourth-order valence-electron chi connectivity index (χ4n) is 1.39. The Bertz CT molecular complexity index is 528. The lowest BCUT2D eigenvalue weighted by molar-refractivity contribution is -0.115. The van der Waals surface area contributed by atoms with Crippen molar-refractivity contribution < 1.29 is 4.79 Å². The second-order valence-electron chi connectivity index (χ2n) is 3.58. The van der Waals surface area contributed by atoms with Gasteiger partial charge in [0.1, 0.15) is 12.7 Å². The van der Waals surface area contributed by atoms with Gasteiger partial charge in [-0.2, -0.15) is 5.10 Å². The highest BCUT2D eigenvalue weighted by Crippen LogP contribution is 2.17. The first-order valence-electron chi connectivity index (χ1n) is 5.47. The van der Waals surface area contributed by atoms with Gasteiger partial charge in [0.15, 0.2) is 5.82 Å². The predicted molar refractivity (Wildman–Crippen MR) is 70.8 cm³/mol. The van der Waals surface area contributed by atoms with Crippen LogP contribution < -0.4 is 5.32 Å². The molecule has 2 aromatic rings. The Labute approximate surface area is 113 Å². The van der Waals surface area contributed by atoms with Gasteiger partial charge >= 0.3 is 0 Å². The second-order valence-corrected chi connectivity index (χ2v) is 4.68. The normalized spacial score (nSPS) is 12.1. The molecule has 7 heteroatoms. The number of aromatic nitrogens is 4. The zero-order valence-electron chi connectivity index (χ0n) is 9.75. The van der Waals surface area contributed by atoms with Crippen molar-refractivity contribution in [2.24, 2.45) is 0 Å². The van der Waals surface area contributed by atoms with Crippen molar-refractivity contribution in [3.05, 3.63) is 31.0 Å². The highest BCUT2D eigenvalue weighted by atomic mass is 79.9. The molecule has 0 aliphatic heterocycles. The van der Waals surface area contributed by atoms with E-state index >= 15 is 0 Å². The molecule has 0 spiro atoms. The number of hydrogen-bond donors (Lipinski definition) is 1. The van der Waals surface area contributed by atoms with Crippen molar-refractivity contribution in [3.63, 3.8) is 0 Å². The van der Waals surface area contributed by atoms with Crippen LogP contribution in [0, 0.1) is 0 Å². The van der Waals surface area contributed by atoms with Crippen molar-refractivity contribution in [2.45, 2.75) is 18.2 Å². The smallest absolute Gasteiger partial charge is 0.238 e. The Morgan fingerprint density at radius 2 is 2.44 bits per heavy atom. The number of anilines is 1. The third kappa shape index (κ3) is 2.73. The minimum Gasteiger partial charge on any atom is -0.322 e. The molecule has 6 nitrogen and oxygen atoms in total. The summed E-state index contributed by atoms with van der Waals surface area (Å²) in [6, 6.07) is 3.53. The summed E-state index contributed by atoms with van der Waals surface area (Å²) in [4.78, 5) is 19.7. The number of amides is 1. The molecule has 0 saturated heterocycles. The van der Waals surface area contributed by atoms with Crippen LogP contribution in [0.5, 0.6) is 0 Å². The van der Waals surface area contributed by atoms with Gasteiger partial charge in [0.05, 0.1) is 10.5 Å². The van der Waals surface area contributed by atoms with E-state index in [0.29, 0.717) is 17.9 Å². The molecule has 18 heavy (non-hydrogen) atoms. The molecular formula is C11H12BrN5O. The maximum atomic E-state index is 11.8. The molecule has 2 aromatic heterocycles. The first-order valence-corrected chi connectivity index (χ1v) is 6.39. The highest BCUT2D eigenvalue weighted by molar-refractivity contribution is 9.10. The molecule has 0 aliphatic carbocycles. The zero-order chi connectivity index (χ0) is 13.0. The standard InChI is InChI=1S/C11H12BrN5O/c1-2-8(12)11(18)16-9-4-3-5-14-10(9)17-7-13-6-15-17/h3-8H,2H2,1H3,(H,16,18). The van der Waals surface area contributed by atoms with E-state index in [0.717, 1.165) is 0 Å². The number of nitrogens with one attached hydrogen (secondary N) is 1. The van der Waals surface area contributed by atoms with Gasteiger partial charge < -0.3 is 5.32 Å². The van der Waals surface area contributed by atoms with Crippen molar-refractivity contribution in [1.29, 1.82) is 0 Å². The van der Waals surface area contributed by atoms with Gasteiger partial charge in [-0.3, -0.25) is 4.79 Å². The Kier molecular flexibility index (Phi) is 4.03. The number of nitrogens with zero attached hydrogens (tertiary/aromatic N) is 4. The minimum absolute atomic E-state index is 0.105. The SMILES string of the molecule is CCC(Br)C(=O)Nc1cccnc1-n1cncn1. The van der Waals surface area contributed by atoms with Crippen LogP contribution in [0.2, 0.25) is 0 Å². The van der Waals surface area contributed by atoms with Crippen LogP contribution in [-0.4, -0.2) is 30.5 Å². The molecule has 1 N–H and O–H groups in total. The van der Waals surface area contributed by atoms with E-state index in [1.807, 2.05) is 6.92 Å². The van der Waals surface area contributed by atoms with Crippen LogP contribution in [0.4, 0.5) is 5.69 Å². The van der Waals surface area contributed by atoms with Gasteiger partial charge in [-0.15, -0.1) is 0 Å². The fraction of sp³-hybridized carbons (Fsp3) is 0.273. The van der Waals surface area contributed by atoms with E-state index in [9.17, 15) is 4.79 Å². The molecule has 0 saturated carbocycles. The number of alkyl halides is 1. The largest absolute Gasteiger partial charge is 0.322 e. The van der Waals surface area contributed by atoms with Gasteiger partial charge in [0.2, 0.25) is 5.91 Å². The molecule has 1 atom stereocenters. The highest BCUT2D eigenvalue weighted by Gasteiger charge is 2.15. The lowest BCUT2D eigenvalue weighted by Crippen LogP contribution is -2.23. The zero-order valence-corrected chi connectivity index (χ0v) is 11.3. The van der Waals surface area contributed by atoms with Crippen LogP contribution in [0.1, 0.15) is 13.3 Å². The van der Waals surface area contributed by atoms with Crippen LogP contribution in [0.3, 0.4) is 0 Å². The first kappa shape index (κ1) is 12.7. The Morgan fingerprint density at radius 3 is 3.11 bits per heavy atom. The van der Waals surface area contributed by atoms with E-state index in [4.69, 9.17) is 0 Å². The summed E-state index contributed by atoms with van der Waals surface area (Å²) in [5, 5.41) is 6.81. The number of carbonyl (C=O) groups is 1. The average Bonchev–Trinajstić information content (AvgIpc) is 2.92. The maximum absolute atomic E-state index is 11.8. The number of pyridine rings is 1. The van der Waals surface area contributed by atoms with Gasteiger partial charge in [-0.05, 0) is 18.6 Å². The lowest BCUT2D eigenvalue weighted by Gasteiger charge is -2.11. The minimum atomic E-state index is -0.221. The summed E-state index contributed by atoms with van der Waals surface area (Å²) in [7, 11) is 0. The van der Waals surface area contributed by atoms with Crippen molar-refractivity contribution in [2.75, 3.05) is 5.32 Å². The number of rotatable bonds is 4. The molecule has 94 valence electrons. The van der Waals surface area contributed by atoms with E-state index in [-0.39, 0.29) is 10.7 Å². The maximum Gasteiger partial charge on any atom is 0.238 e. The first-order chi connectivity index (χ1) is 8.72. The third-order valence-electron chi connectivity index (χ3n) is 2.32. The summed E-state index contributed by atoms with van der Waals surface area (Å²) in [6.07, 6.45) is 5.30. The molecule has 0 bridgehead atoms. The molecule has 1 unspecified atom stereocenters. The summed E-state index contributed by atoms with van der Waals surface area (Å²) < 4.78 is 1.50. The van der Waals surface area contributed by atoms with Crippen LogP contribution in [-0.2, 0) is 4.79 Å². The van der Waals surface area contributed by atoms with Crippen molar-refractivity contribution in [3.8, 4) is 5.82 Å². The van der Waals surface area contributed by atoms with Crippen LogP contribution >= 0.6 is 15.9 Å². The molecule has 0 radical (unpaired) electrons. The molecule has 2 heterocycles. The van der Waals surface area contributed by atoms with E-state index in [1.54, 1.807) is 18.3 Å². The quantitative estimate of drug-likeness (QED) is 0.874. The van der Waals surface area contributed by atoms with Gasteiger partial charge in [-0.25, -0.2) is 14.6 Å². The third-order valence-corrected chi connectivity index (χ3v) is 3.39. The summed E-state index contributed by atoms with van der Waals surface area (Å²) in [5.74, 6) is 0.436. The molecule has 0 aromatic carbocycles. The topological polar surface area (TPSA) is 72.7 Å². The van der Waals surface area contributed by atoms with Gasteiger partial charge in [0.25, 0.3) is 0 Å². The molecule has 1 amide bonds. The number of halogens is 1. The summed E-state index contributed by atoms with van der Waals surface area (Å²) in [5.41, 5.74) is 0.603. The molecular weight excluding hydrogens is 298 g/mol. The van der Waals surface area contributed by atoms with Gasteiger partial charge in [0, 0.05) is 6.20 Å². The Balaban J connectivity index is 2.26. The summed E-state index contributed by atoms with van der Waals surface area (Å²) in [6.45, 7) is 1.93.